The molecule has 1 amide bonds. The molecule has 0 bridgehead atoms. The van der Waals surface area contributed by atoms with Gasteiger partial charge in [0.25, 0.3) is 0 Å². The lowest BCUT2D eigenvalue weighted by Crippen LogP contribution is -2.50. The van der Waals surface area contributed by atoms with Crippen molar-refractivity contribution in [2.75, 3.05) is 18.5 Å². The van der Waals surface area contributed by atoms with E-state index in [4.69, 9.17) is 9.47 Å². The van der Waals surface area contributed by atoms with E-state index in [0.717, 1.165) is 11.1 Å². The molecule has 0 atom stereocenters. The van der Waals surface area contributed by atoms with Gasteiger partial charge in [0.2, 0.25) is 5.91 Å². The maximum Gasteiger partial charge on any atom is 0.235 e. The third kappa shape index (κ3) is 3.47. The Morgan fingerprint density at radius 3 is 2.42 bits per heavy atom. The Labute approximate surface area is 142 Å². The van der Waals surface area contributed by atoms with Gasteiger partial charge in [-0.1, -0.05) is 30.3 Å². The van der Waals surface area contributed by atoms with Crippen LogP contribution in [0.3, 0.4) is 0 Å². The molecule has 0 aliphatic carbocycles. The van der Waals surface area contributed by atoms with Gasteiger partial charge in [0.05, 0.1) is 30.5 Å². The third-order valence-electron chi connectivity index (χ3n) is 4.18. The minimum Gasteiger partial charge on any atom is -0.349 e. The van der Waals surface area contributed by atoms with Crippen molar-refractivity contribution in [2.45, 2.75) is 26.6 Å². The molecule has 24 heavy (non-hydrogen) atoms. The summed E-state index contributed by atoms with van der Waals surface area (Å²) in [4.78, 5) is 16.9. The molecule has 5 heteroatoms. The number of pyridine rings is 1. The number of amides is 1. The molecule has 1 aromatic heterocycles. The average Bonchev–Trinajstić information content (AvgIpc) is 2.59. The second-order valence-electron chi connectivity index (χ2n) is 6.78. The second kappa shape index (κ2) is 6.34. The molecule has 2 aromatic rings. The first-order valence-electron chi connectivity index (χ1n) is 7.98. The fraction of sp³-hybridized carbons (Fsp3) is 0.368. The van der Waals surface area contributed by atoms with Gasteiger partial charge in [-0.2, -0.15) is 0 Å². The molecule has 0 radical (unpaired) electrons. The number of anilines is 1. The average molecular weight is 326 g/mol. The summed E-state index contributed by atoms with van der Waals surface area (Å²) in [6.45, 7) is 6.16. The van der Waals surface area contributed by atoms with Crippen molar-refractivity contribution in [3.63, 3.8) is 0 Å². The molecule has 0 saturated carbocycles. The summed E-state index contributed by atoms with van der Waals surface area (Å²) in [6, 6.07) is 11.8. The zero-order valence-electron chi connectivity index (χ0n) is 14.2. The molecule has 1 aliphatic heterocycles. The maximum atomic E-state index is 12.8. The summed E-state index contributed by atoms with van der Waals surface area (Å²) in [5.41, 5.74) is 1.90. The lowest BCUT2D eigenvalue weighted by Gasteiger charge is -2.40. The molecule has 0 spiro atoms. The molecular weight excluding hydrogens is 304 g/mol. The first-order valence-corrected chi connectivity index (χ1v) is 7.98. The number of aromatic nitrogens is 1. The van der Waals surface area contributed by atoms with Gasteiger partial charge in [-0.3, -0.25) is 9.78 Å². The maximum absolute atomic E-state index is 12.8. The normalized spacial score (nSPS) is 18.8. The Bertz CT molecular complexity index is 718. The number of ether oxygens (including phenoxy) is 2. The van der Waals surface area contributed by atoms with Gasteiger partial charge >= 0.3 is 0 Å². The van der Waals surface area contributed by atoms with Crippen LogP contribution in [0.2, 0.25) is 0 Å². The second-order valence-corrected chi connectivity index (χ2v) is 6.78. The number of hydrogen-bond acceptors (Lipinski definition) is 4. The van der Waals surface area contributed by atoms with Crippen molar-refractivity contribution in [1.29, 1.82) is 0 Å². The van der Waals surface area contributed by atoms with E-state index in [1.165, 1.54) is 0 Å². The summed E-state index contributed by atoms with van der Waals surface area (Å²) >= 11 is 0. The fourth-order valence-electron chi connectivity index (χ4n) is 2.52. The predicted octanol–water partition coefficient (Wildman–Crippen LogP) is 3.48. The highest BCUT2D eigenvalue weighted by Crippen LogP contribution is 2.32. The summed E-state index contributed by atoms with van der Waals surface area (Å²) in [5, 5.41) is 2.99. The third-order valence-corrected chi connectivity index (χ3v) is 4.18. The van der Waals surface area contributed by atoms with E-state index in [0.29, 0.717) is 18.9 Å². The van der Waals surface area contributed by atoms with E-state index < -0.39 is 11.2 Å². The molecule has 126 valence electrons. The van der Waals surface area contributed by atoms with E-state index in [2.05, 4.69) is 10.3 Å². The van der Waals surface area contributed by atoms with Crippen LogP contribution in [0.5, 0.6) is 0 Å². The summed E-state index contributed by atoms with van der Waals surface area (Å²) < 4.78 is 11.3. The van der Waals surface area contributed by atoms with Gasteiger partial charge in [0, 0.05) is 11.8 Å². The Morgan fingerprint density at radius 2 is 1.75 bits per heavy atom. The van der Waals surface area contributed by atoms with Crippen molar-refractivity contribution >= 4 is 11.6 Å². The zero-order valence-corrected chi connectivity index (χ0v) is 14.2. The van der Waals surface area contributed by atoms with Gasteiger partial charge in [-0.15, -0.1) is 0 Å². The largest absolute Gasteiger partial charge is 0.349 e. The molecule has 1 N–H and O–H groups in total. The van der Waals surface area contributed by atoms with Crippen LogP contribution in [0.25, 0.3) is 11.1 Å². The number of carbonyl (C=O) groups excluding carboxylic acids is 1. The monoisotopic (exact) mass is 326 g/mol. The lowest BCUT2D eigenvalue weighted by molar-refractivity contribution is -0.276. The molecule has 3 rings (SSSR count). The number of carbonyl (C=O) groups is 1. The smallest absolute Gasteiger partial charge is 0.235 e. The van der Waals surface area contributed by atoms with Crippen LogP contribution in [0.4, 0.5) is 5.69 Å². The molecule has 1 fully saturated rings. The van der Waals surface area contributed by atoms with Crippen LogP contribution >= 0.6 is 0 Å². The Balaban J connectivity index is 1.81. The first-order chi connectivity index (χ1) is 11.4. The predicted molar refractivity (Wildman–Crippen MR) is 92.4 cm³/mol. The SMILES string of the molecule is CC1(C)OCC(C)(C(=O)Nc2cnccc2-c2ccccc2)CO1. The van der Waals surface area contributed by atoms with Crippen LogP contribution in [0.15, 0.2) is 48.8 Å². The molecule has 1 aromatic carbocycles. The highest BCUT2D eigenvalue weighted by molar-refractivity contribution is 5.98. The van der Waals surface area contributed by atoms with E-state index in [9.17, 15) is 4.79 Å². The zero-order chi connectivity index (χ0) is 17.2. The fourth-order valence-corrected chi connectivity index (χ4v) is 2.52. The van der Waals surface area contributed by atoms with Gasteiger partial charge in [0.15, 0.2) is 5.79 Å². The number of hydrogen-bond donors (Lipinski definition) is 1. The molecule has 1 aliphatic rings. The number of rotatable bonds is 3. The minimum atomic E-state index is -0.737. The Hall–Kier alpha value is -2.24. The lowest BCUT2D eigenvalue weighted by atomic mass is 9.90. The van der Waals surface area contributed by atoms with Crippen LogP contribution < -0.4 is 5.32 Å². The molecular formula is C19H22N2O3. The highest BCUT2D eigenvalue weighted by Gasteiger charge is 2.42. The Kier molecular flexibility index (Phi) is 4.39. The van der Waals surface area contributed by atoms with Crippen molar-refractivity contribution in [2.24, 2.45) is 5.41 Å². The van der Waals surface area contributed by atoms with Crippen molar-refractivity contribution in [3.05, 3.63) is 48.8 Å². The summed E-state index contributed by atoms with van der Waals surface area (Å²) in [6.07, 6.45) is 3.38. The van der Waals surface area contributed by atoms with E-state index in [-0.39, 0.29) is 5.91 Å². The van der Waals surface area contributed by atoms with Gasteiger partial charge in [0.1, 0.15) is 0 Å². The van der Waals surface area contributed by atoms with Crippen LogP contribution in [0.1, 0.15) is 20.8 Å². The van der Waals surface area contributed by atoms with Crippen molar-refractivity contribution in [1.82, 2.24) is 4.98 Å². The van der Waals surface area contributed by atoms with Gasteiger partial charge in [-0.25, -0.2) is 0 Å². The van der Waals surface area contributed by atoms with Gasteiger partial charge in [-0.05, 0) is 32.4 Å². The molecule has 2 heterocycles. The van der Waals surface area contributed by atoms with E-state index in [1.807, 2.05) is 57.2 Å². The quantitative estimate of drug-likeness (QED) is 0.938. The topological polar surface area (TPSA) is 60.5 Å². The van der Waals surface area contributed by atoms with Crippen LogP contribution in [-0.4, -0.2) is 29.9 Å². The standard InChI is InChI=1S/C19H22N2O3/c1-18(2)23-12-19(3,13-24-18)17(22)21-16-11-20-10-9-15(16)14-7-5-4-6-8-14/h4-11H,12-13H2,1-3H3,(H,21,22). The molecule has 0 unspecified atom stereocenters. The Morgan fingerprint density at radius 1 is 1.08 bits per heavy atom. The number of nitrogens with zero attached hydrogens (tertiary/aromatic N) is 1. The number of benzene rings is 1. The van der Waals surface area contributed by atoms with Crippen molar-refractivity contribution in [3.8, 4) is 11.1 Å². The first kappa shape index (κ1) is 16.6. The summed E-state index contributed by atoms with van der Waals surface area (Å²) in [5.74, 6) is -0.785. The van der Waals surface area contributed by atoms with Crippen LogP contribution in [-0.2, 0) is 14.3 Å². The van der Waals surface area contributed by atoms with E-state index in [1.54, 1.807) is 12.4 Å². The minimum absolute atomic E-state index is 0.136. The molecule has 1 saturated heterocycles. The highest BCUT2D eigenvalue weighted by atomic mass is 16.7. The van der Waals surface area contributed by atoms with Crippen LogP contribution in [0, 0.1) is 5.41 Å². The van der Waals surface area contributed by atoms with Gasteiger partial charge < -0.3 is 14.8 Å². The molecule has 5 nitrogen and oxygen atoms in total. The van der Waals surface area contributed by atoms with E-state index >= 15 is 0 Å². The number of nitrogens with one attached hydrogen (secondary N) is 1. The summed E-state index contributed by atoms with van der Waals surface area (Å²) in [7, 11) is 0. The van der Waals surface area contributed by atoms with Crippen molar-refractivity contribution < 1.29 is 14.3 Å².